The van der Waals surface area contributed by atoms with Crippen molar-refractivity contribution >= 4 is 0 Å². The van der Waals surface area contributed by atoms with Crippen LogP contribution in [-0.2, 0) is 6.42 Å². The van der Waals surface area contributed by atoms with Crippen LogP contribution >= 0.6 is 0 Å². The summed E-state index contributed by atoms with van der Waals surface area (Å²) in [5, 5.41) is 13.6. The number of aromatic nitrogens is 2. The number of nitriles is 1. The Morgan fingerprint density at radius 1 is 1.22 bits per heavy atom. The third kappa shape index (κ3) is 3.07. The molecule has 0 unspecified atom stereocenters. The molecule has 0 aliphatic heterocycles. The number of hydrogen-bond acceptors (Lipinski definition) is 6. The van der Waals surface area contributed by atoms with Crippen molar-refractivity contribution in [3.8, 4) is 34.7 Å². The second-order valence-corrected chi connectivity index (χ2v) is 6.90. The topological polar surface area (TPSA) is 98.0 Å². The Labute approximate surface area is 157 Å². The Kier molecular flexibility index (Phi) is 4.38. The van der Waals surface area contributed by atoms with Crippen molar-refractivity contribution in [3.05, 3.63) is 53.1 Å². The highest BCUT2D eigenvalue weighted by molar-refractivity contribution is 5.70. The van der Waals surface area contributed by atoms with E-state index in [2.05, 4.69) is 22.3 Å². The summed E-state index contributed by atoms with van der Waals surface area (Å²) < 4.78 is 11.4. The van der Waals surface area contributed by atoms with Crippen LogP contribution in [0.2, 0.25) is 0 Å². The number of nitrogens with two attached hydrogens (primary N) is 1. The van der Waals surface area contributed by atoms with Crippen LogP contribution in [0.15, 0.2) is 40.9 Å². The van der Waals surface area contributed by atoms with E-state index >= 15 is 0 Å². The summed E-state index contributed by atoms with van der Waals surface area (Å²) in [6.45, 7) is 3.82. The highest BCUT2D eigenvalue weighted by atomic mass is 16.5. The monoisotopic (exact) mass is 360 g/mol. The minimum absolute atomic E-state index is 0.0599. The van der Waals surface area contributed by atoms with Gasteiger partial charge in [-0.25, -0.2) is 0 Å². The molecule has 2 N–H and O–H groups in total. The van der Waals surface area contributed by atoms with Crippen molar-refractivity contribution < 1.29 is 9.26 Å². The molecule has 2 aromatic carbocycles. The smallest absolute Gasteiger partial charge is 0.262 e. The maximum Gasteiger partial charge on any atom is 0.262 e. The zero-order valence-electron chi connectivity index (χ0n) is 15.3. The third-order valence-corrected chi connectivity index (χ3v) is 4.70. The lowest BCUT2D eigenvalue weighted by Crippen LogP contribution is -2.08. The van der Waals surface area contributed by atoms with E-state index in [9.17, 15) is 5.26 Å². The first-order valence-corrected chi connectivity index (χ1v) is 9.00. The summed E-state index contributed by atoms with van der Waals surface area (Å²) in [4.78, 5) is 4.59. The lowest BCUT2D eigenvalue weighted by Gasteiger charge is -2.13. The van der Waals surface area contributed by atoms with Crippen molar-refractivity contribution in [3.63, 3.8) is 0 Å². The number of benzene rings is 2. The average Bonchev–Trinajstić information content (AvgIpc) is 3.29. The second kappa shape index (κ2) is 6.86. The molecule has 0 saturated carbocycles. The standard InChI is InChI=1S/C21H20N4O2/c1-12(2)26-19-13(11-22)5-3-8-17(19)21-24-20(25-27-21)16-7-4-6-15-14(16)9-10-18(15)23/h3-8,12,18H,9-10,23H2,1-2H3/t18-/m1/s1. The van der Waals surface area contributed by atoms with E-state index < -0.39 is 0 Å². The Bertz CT molecular complexity index is 1030. The lowest BCUT2D eigenvalue weighted by molar-refractivity contribution is 0.242. The van der Waals surface area contributed by atoms with Crippen LogP contribution in [-0.4, -0.2) is 16.2 Å². The van der Waals surface area contributed by atoms with Gasteiger partial charge in [0.05, 0.1) is 17.2 Å². The van der Waals surface area contributed by atoms with Crippen LogP contribution in [0.4, 0.5) is 0 Å². The molecule has 3 aromatic rings. The van der Waals surface area contributed by atoms with Crippen LogP contribution in [0.3, 0.4) is 0 Å². The van der Waals surface area contributed by atoms with E-state index in [0.29, 0.717) is 28.6 Å². The van der Waals surface area contributed by atoms with Crippen molar-refractivity contribution in [2.75, 3.05) is 0 Å². The van der Waals surface area contributed by atoms with Gasteiger partial charge in [-0.15, -0.1) is 0 Å². The van der Waals surface area contributed by atoms with Crippen LogP contribution in [0.25, 0.3) is 22.8 Å². The number of rotatable bonds is 4. The van der Waals surface area contributed by atoms with Gasteiger partial charge in [0.1, 0.15) is 11.8 Å². The number of para-hydroxylation sites is 1. The normalized spacial score (nSPS) is 15.6. The molecule has 0 saturated heterocycles. The lowest BCUT2D eigenvalue weighted by atomic mass is 10.0. The van der Waals surface area contributed by atoms with Gasteiger partial charge in [0.25, 0.3) is 5.89 Å². The highest BCUT2D eigenvalue weighted by Crippen LogP contribution is 2.37. The van der Waals surface area contributed by atoms with E-state index in [1.165, 1.54) is 5.56 Å². The zero-order valence-corrected chi connectivity index (χ0v) is 15.3. The van der Waals surface area contributed by atoms with Gasteiger partial charge in [0.15, 0.2) is 0 Å². The first-order valence-electron chi connectivity index (χ1n) is 9.00. The largest absolute Gasteiger partial charge is 0.489 e. The first kappa shape index (κ1) is 17.3. The summed E-state index contributed by atoms with van der Waals surface area (Å²) in [5.41, 5.74) is 10.5. The summed E-state index contributed by atoms with van der Waals surface area (Å²) in [6, 6.07) is 13.6. The fraction of sp³-hybridized carbons (Fsp3) is 0.286. The fourth-order valence-corrected chi connectivity index (χ4v) is 3.49. The van der Waals surface area contributed by atoms with Crippen LogP contribution in [0, 0.1) is 11.3 Å². The molecule has 4 rings (SSSR count). The molecule has 27 heavy (non-hydrogen) atoms. The molecule has 136 valence electrons. The number of nitrogens with zero attached hydrogens (tertiary/aromatic N) is 3. The summed E-state index contributed by atoms with van der Waals surface area (Å²) in [6.07, 6.45) is 1.75. The van der Waals surface area contributed by atoms with E-state index in [1.807, 2.05) is 32.0 Å². The molecule has 1 heterocycles. The Morgan fingerprint density at radius 3 is 2.78 bits per heavy atom. The maximum atomic E-state index is 9.41. The summed E-state index contributed by atoms with van der Waals surface area (Å²) in [5.74, 6) is 1.32. The quantitative estimate of drug-likeness (QED) is 0.755. The van der Waals surface area contributed by atoms with E-state index in [-0.39, 0.29) is 12.1 Å². The second-order valence-electron chi connectivity index (χ2n) is 6.90. The Hall–Kier alpha value is -3.17. The molecular weight excluding hydrogens is 340 g/mol. The van der Waals surface area contributed by atoms with Crippen molar-refractivity contribution in [2.45, 2.75) is 38.8 Å². The van der Waals surface area contributed by atoms with E-state index in [0.717, 1.165) is 24.0 Å². The molecule has 1 atom stereocenters. The van der Waals surface area contributed by atoms with Gasteiger partial charge in [0.2, 0.25) is 5.82 Å². The fourth-order valence-electron chi connectivity index (χ4n) is 3.49. The minimum Gasteiger partial charge on any atom is -0.489 e. The molecule has 0 spiro atoms. The van der Waals surface area contributed by atoms with Crippen molar-refractivity contribution in [2.24, 2.45) is 5.73 Å². The van der Waals surface area contributed by atoms with Gasteiger partial charge in [-0.05, 0) is 49.9 Å². The minimum atomic E-state index is -0.0838. The molecule has 6 heteroatoms. The van der Waals surface area contributed by atoms with E-state index in [4.69, 9.17) is 15.0 Å². The van der Waals surface area contributed by atoms with Crippen LogP contribution in [0.5, 0.6) is 5.75 Å². The third-order valence-electron chi connectivity index (χ3n) is 4.70. The van der Waals surface area contributed by atoms with Gasteiger partial charge in [-0.1, -0.05) is 29.4 Å². The SMILES string of the molecule is CC(C)Oc1c(C#N)cccc1-c1nc(-c2cccc3c2CC[C@H]3N)no1. The molecule has 0 bridgehead atoms. The maximum absolute atomic E-state index is 9.41. The summed E-state index contributed by atoms with van der Waals surface area (Å²) in [7, 11) is 0. The number of hydrogen-bond donors (Lipinski definition) is 1. The molecular formula is C21H20N4O2. The molecule has 1 aliphatic carbocycles. The van der Waals surface area contributed by atoms with Gasteiger partial charge in [-0.2, -0.15) is 10.2 Å². The molecule has 0 fully saturated rings. The average molecular weight is 360 g/mol. The summed E-state index contributed by atoms with van der Waals surface area (Å²) >= 11 is 0. The van der Waals surface area contributed by atoms with Gasteiger partial charge >= 0.3 is 0 Å². The zero-order chi connectivity index (χ0) is 19.0. The predicted octanol–water partition coefficient (Wildman–Crippen LogP) is 4.01. The van der Waals surface area contributed by atoms with Crippen molar-refractivity contribution in [1.29, 1.82) is 5.26 Å². The molecule has 0 radical (unpaired) electrons. The Balaban J connectivity index is 1.78. The van der Waals surface area contributed by atoms with E-state index in [1.54, 1.807) is 12.1 Å². The van der Waals surface area contributed by atoms with Gasteiger partial charge in [0, 0.05) is 11.6 Å². The highest BCUT2D eigenvalue weighted by Gasteiger charge is 2.25. The molecule has 6 nitrogen and oxygen atoms in total. The first-order chi connectivity index (χ1) is 13.1. The number of fused-ring (bicyclic) bond motifs is 1. The number of ether oxygens (including phenoxy) is 1. The Morgan fingerprint density at radius 2 is 2.00 bits per heavy atom. The molecule has 1 aromatic heterocycles. The predicted molar refractivity (Wildman–Crippen MR) is 101 cm³/mol. The van der Waals surface area contributed by atoms with Crippen molar-refractivity contribution in [1.82, 2.24) is 10.1 Å². The van der Waals surface area contributed by atoms with Crippen LogP contribution in [0.1, 0.15) is 43.0 Å². The van der Waals surface area contributed by atoms with Gasteiger partial charge < -0.3 is 15.0 Å². The van der Waals surface area contributed by atoms with Gasteiger partial charge in [-0.3, -0.25) is 0 Å². The van der Waals surface area contributed by atoms with Crippen LogP contribution < -0.4 is 10.5 Å². The molecule has 0 amide bonds. The molecule has 1 aliphatic rings.